The molecule has 8 heteroatoms. The van der Waals surface area contributed by atoms with Crippen molar-refractivity contribution in [1.29, 1.82) is 0 Å². The molecule has 1 unspecified atom stereocenters. The Morgan fingerprint density at radius 3 is 2.32 bits per heavy atom. The average Bonchev–Trinajstić information content (AvgIpc) is 2.61. The number of halogens is 1. The molecule has 3 rings (SSSR count). The summed E-state index contributed by atoms with van der Waals surface area (Å²) in [4.78, 5) is 10.3. The highest BCUT2D eigenvalue weighted by atomic mass is 35.5. The van der Waals surface area contributed by atoms with Crippen LogP contribution < -0.4 is 25.8 Å². The van der Waals surface area contributed by atoms with Gasteiger partial charge in [-0.25, -0.2) is 4.99 Å². The molecule has 7 nitrogen and oxygen atoms in total. The van der Waals surface area contributed by atoms with Crippen LogP contribution >= 0.6 is 11.6 Å². The normalized spacial score (nSPS) is 16.9. The fraction of sp³-hybridized carbons (Fsp3) is 0.176. The number of methoxy groups -OCH3 is 2. The summed E-state index contributed by atoms with van der Waals surface area (Å²) in [6.45, 7) is 0. The zero-order valence-corrected chi connectivity index (χ0v) is 14.6. The molecule has 130 valence electrons. The lowest BCUT2D eigenvalue weighted by Crippen LogP contribution is -2.44. The SMILES string of the molecule is COc1ccc(C2N=C(N)N=C(N)N2c2ccc(Cl)cc2)cc1OC. The van der Waals surface area contributed by atoms with Crippen LogP contribution in [0.25, 0.3) is 0 Å². The van der Waals surface area contributed by atoms with E-state index in [4.69, 9.17) is 32.5 Å². The van der Waals surface area contributed by atoms with Crippen molar-refractivity contribution in [3.05, 3.63) is 53.1 Å². The summed E-state index contributed by atoms with van der Waals surface area (Å²) in [5, 5.41) is 0.627. The number of aliphatic imine (C=N–C) groups is 2. The molecule has 25 heavy (non-hydrogen) atoms. The van der Waals surface area contributed by atoms with Crippen LogP contribution in [-0.4, -0.2) is 26.1 Å². The molecule has 1 aliphatic heterocycles. The molecule has 2 aromatic carbocycles. The molecule has 2 aromatic rings. The number of rotatable bonds is 4. The van der Waals surface area contributed by atoms with Crippen molar-refractivity contribution in [2.45, 2.75) is 6.17 Å². The lowest BCUT2D eigenvalue weighted by Gasteiger charge is -2.33. The highest BCUT2D eigenvalue weighted by Crippen LogP contribution is 2.35. The van der Waals surface area contributed by atoms with Crippen LogP contribution in [0.4, 0.5) is 5.69 Å². The van der Waals surface area contributed by atoms with E-state index in [-0.39, 0.29) is 11.9 Å². The Kier molecular flexibility index (Phi) is 4.67. The van der Waals surface area contributed by atoms with E-state index in [2.05, 4.69) is 9.98 Å². The van der Waals surface area contributed by atoms with Crippen LogP contribution in [0.2, 0.25) is 5.02 Å². The van der Waals surface area contributed by atoms with E-state index < -0.39 is 6.17 Å². The molecular formula is C17H18ClN5O2. The molecule has 0 saturated heterocycles. The quantitative estimate of drug-likeness (QED) is 0.873. The molecule has 0 aromatic heterocycles. The fourth-order valence-electron chi connectivity index (χ4n) is 2.62. The third-order valence-corrected chi connectivity index (χ3v) is 4.04. The highest BCUT2D eigenvalue weighted by Gasteiger charge is 2.28. The summed E-state index contributed by atoms with van der Waals surface area (Å²) in [6.07, 6.45) is -0.488. The Hall–Kier alpha value is -2.93. The van der Waals surface area contributed by atoms with Crippen LogP contribution in [-0.2, 0) is 0 Å². The minimum Gasteiger partial charge on any atom is -0.493 e. The zero-order chi connectivity index (χ0) is 18.0. The third-order valence-electron chi connectivity index (χ3n) is 3.79. The summed E-state index contributed by atoms with van der Waals surface area (Å²) in [6, 6.07) is 12.8. The number of benzene rings is 2. The number of nitrogens with zero attached hydrogens (tertiary/aromatic N) is 3. The number of hydrogen-bond acceptors (Lipinski definition) is 7. The van der Waals surface area contributed by atoms with E-state index in [0.29, 0.717) is 16.5 Å². The number of hydrogen-bond donors (Lipinski definition) is 2. The predicted octanol–water partition coefficient (Wildman–Crippen LogP) is 2.51. The van der Waals surface area contributed by atoms with Crippen LogP contribution in [0, 0.1) is 0 Å². The summed E-state index contributed by atoms with van der Waals surface area (Å²) < 4.78 is 10.7. The van der Waals surface area contributed by atoms with Crippen molar-refractivity contribution < 1.29 is 9.47 Å². The van der Waals surface area contributed by atoms with Crippen molar-refractivity contribution in [2.75, 3.05) is 19.1 Å². The Bertz CT molecular complexity index is 835. The van der Waals surface area contributed by atoms with E-state index in [9.17, 15) is 0 Å². The van der Waals surface area contributed by atoms with Crippen LogP contribution in [0.1, 0.15) is 11.7 Å². The van der Waals surface area contributed by atoms with Crippen molar-refractivity contribution in [3.8, 4) is 11.5 Å². The van der Waals surface area contributed by atoms with E-state index in [1.165, 1.54) is 0 Å². The summed E-state index contributed by atoms with van der Waals surface area (Å²) in [5.41, 5.74) is 13.6. The second-order valence-electron chi connectivity index (χ2n) is 5.29. The van der Waals surface area contributed by atoms with Gasteiger partial charge in [0.25, 0.3) is 0 Å². The molecule has 0 amide bonds. The summed E-state index contributed by atoms with van der Waals surface area (Å²) in [5.74, 6) is 1.57. The van der Waals surface area contributed by atoms with E-state index >= 15 is 0 Å². The van der Waals surface area contributed by atoms with Gasteiger partial charge in [0.05, 0.1) is 14.2 Å². The number of ether oxygens (including phenoxy) is 2. The third kappa shape index (κ3) is 3.32. The van der Waals surface area contributed by atoms with Gasteiger partial charge in [-0.15, -0.1) is 0 Å². The first-order chi connectivity index (χ1) is 12.0. The second-order valence-corrected chi connectivity index (χ2v) is 5.73. The Balaban J connectivity index is 2.07. The highest BCUT2D eigenvalue weighted by molar-refractivity contribution is 6.30. The Morgan fingerprint density at radius 1 is 1.00 bits per heavy atom. The van der Waals surface area contributed by atoms with Gasteiger partial charge in [0.15, 0.2) is 17.7 Å². The number of nitrogens with two attached hydrogens (primary N) is 2. The fourth-order valence-corrected chi connectivity index (χ4v) is 2.75. The maximum Gasteiger partial charge on any atom is 0.221 e. The molecule has 0 radical (unpaired) electrons. The van der Waals surface area contributed by atoms with Gasteiger partial charge in [0.1, 0.15) is 0 Å². The van der Waals surface area contributed by atoms with Gasteiger partial charge in [-0.2, -0.15) is 4.99 Å². The minimum atomic E-state index is -0.488. The monoisotopic (exact) mass is 359 g/mol. The lowest BCUT2D eigenvalue weighted by atomic mass is 10.1. The number of guanidine groups is 2. The standard InChI is InChI=1S/C17H18ClN5O2/c1-24-13-8-3-10(9-14(13)25-2)15-21-16(19)22-17(20)23(15)12-6-4-11(18)5-7-12/h3-9,15H,1-2H3,(H4,19,20,21,22). The van der Waals surface area contributed by atoms with Gasteiger partial charge in [0, 0.05) is 16.3 Å². The Morgan fingerprint density at radius 2 is 1.68 bits per heavy atom. The van der Waals surface area contributed by atoms with Gasteiger partial charge in [-0.3, -0.25) is 4.90 Å². The van der Waals surface area contributed by atoms with Crippen LogP contribution in [0.5, 0.6) is 11.5 Å². The molecule has 0 aliphatic carbocycles. The molecule has 4 N–H and O–H groups in total. The van der Waals surface area contributed by atoms with Gasteiger partial charge in [-0.05, 0) is 36.4 Å². The first-order valence-electron chi connectivity index (χ1n) is 7.47. The predicted molar refractivity (Wildman–Crippen MR) is 99.5 cm³/mol. The minimum absolute atomic E-state index is 0.113. The van der Waals surface area contributed by atoms with Crippen LogP contribution in [0.15, 0.2) is 52.4 Å². The van der Waals surface area contributed by atoms with Gasteiger partial charge in [0.2, 0.25) is 11.9 Å². The molecule has 0 spiro atoms. The first-order valence-corrected chi connectivity index (χ1v) is 7.85. The number of anilines is 1. The molecular weight excluding hydrogens is 342 g/mol. The first kappa shape index (κ1) is 16.9. The Labute approximate surface area is 150 Å². The van der Waals surface area contributed by atoms with Crippen molar-refractivity contribution in [3.63, 3.8) is 0 Å². The van der Waals surface area contributed by atoms with Gasteiger partial charge >= 0.3 is 0 Å². The summed E-state index contributed by atoms with van der Waals surface area (Å²) >= 11 is 5.98. The van der Waals surface area contributed by atoms with Crippen molar-refractivity contribution >= 4 is 29.2 Å². The topological polar surface area (TPSA) is 98.5 Å². The van der Waals surface area contributed by atoms with Crippen LogP contribution in [0.3, 0.4) is 0 Å². The molecule has 0 fully saturated rings. The zero-order valence-electron chi connectivity index (χ0n) is 13.8. The molecule has 1 atom stereocenters. The van der Waals surface area contributed by atoms with E-state index in [1.807, 2.05) is 30.3 Å². The largest absolute Gasteiger partial charge is 0.493 e. The average molecular weight is 360 g/mol. The van der Waals surface area contributed by atoms with Gasteiger partial charge < -0.3 is 20.9 Å². The van der Waals surface area contributed by atoms with Crippen molar-refractivity contribution in [2.24, 2.45) is 21.5 Å². The molecule has 0 bridgehead atoms. The summed E-state index contributed by atoms with van der Waals surface area (Å²) in [7, 11) is 3.16. The lowest BCUT2D eigenvalue weighted by molar-refractivity contribution is 0.354. The smallest absolute Gasteiger partial charge is 0.221 e. The van der Waals surface area contributed by atoms with E-state index in [1.54, 1.807) is 31.3 Å². The maximum absolute atomic E-state index is 6.12. The molecule has 0 saturated carbocycles. The molecule has 1 aliphatic rings. The van der Waals surface area contributed by atoms with Gasteiger partial charge in [-0.1, -0.05) is 17.7 Å². The second kappa shape index (κ2) is 6.90. The van der Waals surface area contributed by atoms with Crippen molar-refractivity contribution in [1.82, 2.24) is 0 Å². The van der Waals surface area contributed by atoms with E-state index in [0.717, 1.165) is 11.3 Å². The molecule has 1 heterocycles. The maximum atomic E-state index is 6.12.